The lowest BCUT2D eigenvalue weighted by Gasteiger charge is -2.08. The predicted octanol–water partition coefficient (Wildman–Crippen LogP) is 4.35. The van der Waals surface area contributed by atoms with Crippen LogP contribution in [-0.2, 0) is 6.42 Å². The monoisotopic (exact) mass is 293 g/mol. The number of fused-ring (bicyclic) bond motifs is 1. The number of hydrogen-bond donors (Lipinski definition) is 0. The average molecular weight is 294 g/mol. The van der Waals surface area contributed by atoms with Crippen LogP contribution in [0.4, 0.5) is 0 Å². The molecular weight excluding hydrogens is 278 g/mol. The smallest absolute Gasteiger partial charge is 0.130 e. The molecule has 0 fully saturated rings. The van der Waals surface area contributed by atoms with Crippen molar-refractivity contribution < 1.29 is 4.74 Å². The SMILES string of the molecule is CCCCc1cc(OC)c2cc(Br)ccc2n1. The van der Waals surface area contributed by atoms with Crippen LogP contribution in [0.25, 0.3) is 10.9 Å². The van der Waals surface area contributed by atoms with E-state index in [1.807, 2.05) is 24.3 Å². The van der Waals surface area contributed by atoms with Crippen LogP contribution in [-0.4, -0.2) is 12.1 Å². The van der Waals surface area contributed by atoms with Crippen molar-refractivity contribution in [3.05, 3.63) is 34.4 Å². The van der Waals surface area contributed by atoms with Crippen LogP contribution in [0.3, 0.4) is 0 Å². The molecule has 3 heteroatoms. The van der Waals surface area contributed by atoms with Gasteiger partial charge >= 0.3 is 0 Å². The van der Waals surface area contributed by atoms with E-state index in [0.29, 0.717) is 0 Å². The van der Waals surface area contributed by atoms with Gasteiger partial charge in [0.15, 0.2) is 0 Å². The molecule has 0 saturated heterocycles. The van der Waals surface area contributed by atoms with Crippen LogP contribution in [0.2, 0.25) is 0 Å². The molecule has 0 N–H and O–H groups in total. The summed E-state index contributed by atoms with van der Waals surface area (Å²) in [5.74, 6) is 0.905. The molecule has 0 aliphatic heterocycles. The first-order chi connectivity index (χ1) is 8.24. The molecule has 2 aromatic rings. The summed E-state index contributed by atoms with van der Waals surface area (Å²) in [6.07, 6.45) is 3.36. The maximum absolute atomic E-state index is 5.44. The van der Waals surface area contributed by atoms with Gasteiger partial charge in [-0.25, -0.2) is 0 Å². The van der Waals surface area contributed by atoms with Crippen LogP contribution in [0.5, 0.6) is 5.75 Å². The van der Waals surface area contributed by atoms with Gasteiger partial charge in [-0.15, -0.1) is 0 Å². The quantitative estimate of drug-likeness (QED) is 0.836. The van der Waals surface area contributed by atoms with Gasteiger partial charge in [0, 0.05) is 21.6 Å². The van der Waals surface area contributed by atoms with Crippen molar-refractivity contribution in [2.45, 2.75) is 26.2 Å². The predicted molar refractivity (Wildman–Crippen MR) is 74.6 cm³/mol. The molecule has 0 saturated carbocycles. The summed E-state index contributed by atoms with van der Waals surface area (Å²) in [5.41, 5.74) is 2.11. The first kappa shape index (κ1) is 12.4. The molecule has 0 bridgehead atoms. The van der Waals surface area contributed by atoms with Crippen molar-refractivity contribution in [3.63, 3.8) is 0 Å². The third-order valence-corrected chi connectivity index (χ3v) is 3.29. The summed E-state index contributed by atoms with van der Waals surface area (Å²) in [6.45, 7) is 2.19. The summed E-state index contributed by atoms with van der Waals surface area (Å²) in [6, 6.07) is 8.13. The summed E-state index contributed by atoms with van der Waals surface area (Å²) in [5, 5.41) is 1.06. The van der Waals surface area contributed by atoms with Crippen LogP contribution in [0.15, 0.2) is 28.7 Å². The second kappa shape index (κ2) is 5.50. The van der Waals surface area contributed by atoms with Crippen molar-refractivity contribution in [2.75, 3.05) is 7.11 Å². The summed E-state index contributed by atoms with van der Waals surface area (Å²) in [4.78, 5) is 4.66. The van der Waals surface area contributed by atoms with E-state index in [0.717, 1.165) is 39.7 Å². The molecule has 17 heavy (non-hydrogen) atoms. The number of halogens is 1. The van der Waals surface area contributed by atoms with E-state index in [1.165, 1.54) is 6.42 Å². The van der Waals surface area contributed by atoms with Gasteiger partial charge in [-0.1, -0.05) is 29.3 Å². The number of pyridine rings is 1. The van der Waals surface area contributed by atoms with E-state index >= 15 is 0 Å². The van der Waals surface area contributed by atoms with Gasteiger partial charge in [-0.05, 0) is 31.0 Å². The number of ether oxygens (including phenoxy) is 1. The van der Waals surface area contributed by atoms with Crippen LogP contribution in [0, 0.1) is 0 Å². The Kier molecular flexibility index (Phi) is 4.00. The number of methoxy groups -OCH3 is 1. The van der Waals surface area contributed by atoms with E-state index in [2.05, 4.69) is 27.8 Å². The largest absolute Gasteiger partial charge is 0.496 e. The highest BCUT2D eigenvalue weighted by atomic mass is 79.9. The van der Waals surface area contributed by atoms with Crippen molar-refractivity contribution in [2.24, 2.45) is 0 Å². The zero-order valence-electron chi connectivity index (χ0n) is 10.2. The standard InChI is InChI=1S/C14H16BrNO/c1-3-4-5-11-9-14(17-2)12-8-10(15)6-7-13(12)16-11/h6-9H,3-5H2,1-2H3. The second-order valence-corrected chi connectivity index (χ2v) is 5.00. The van der Waals surface area contributed by atoms with Crippen LogP contribution in [0.1, 0.15) is 25.5 Å². The van der Waals surface area contributed by atoms with Crippen molar-refractivity contribution >= 4 is 26.8 Å². The lowest BCUT2D eigenvalue weighted by Crippen LogP contribution is -1.94. The van der Waals surface area contributed by atoms with Gasteiger partial charge in [0.1, 0.15) is 5.75 Å². The Labute approximate surface area is 110 Å². The summed E-state index contributed by atoms with van der Waals surface area (Å²) in [7, 11) is 1.71. The number of rotatable bonds is 4. The van der Waals surface area contributed by atoms with E-state index in [1.54, 1.807) is 7.11 Å². The number of hydrogen-bond acceptors (Lipinski definition) is 2. The Bertz CT molecular complexity index is 525. The minimum Gasteiger partial charge on any atom is -0.496 e. The number of unbranched alkanes of at least 4 members (excludes halogenated alkanes) is 1. The molecule has 0 radical (unpaired) electrons. The Morgan fingerprint density at radius 1 is 1.29 bits per heavy atom. The Morgan fingerprint density at radius 2 is 2.12 bits per heavy atom. The van der Waals surface area contributed by atoms with Crippen molar-refractivity contribution in [1.82, 2.24) is 4.98 Å². The molecule has 2 rings (SSSR count). The molecule has 1 aromatic heterocycles. The van der Waals surface area contributed by atoms with Gasteiger partial charge in [-0.3, -0.25) is 4.98 Å². The maximum Gasteiger partial charge on any atom is 0.130 e. The first-order valence-corrected chi connectivity index (χ1v) is 6.67. The molecule has 0 aliphatic rings. The molecule has 0 amide bonds. The molecule has 90 valence electrons. The fraction of sp³-hybridized carbons (Fsp3) is 0.357. The number of aromatic nitrogens is 1. The molecule has 0 unspecified atom stereocenters. The zero-order chi connectivity index (χ0) is 12.3. The fourth-order valence-electron chi connectivity index (χ4n) is 1.87. The van der Waals surface area contributed by atoms with Gasteiger partial charge in [0.25, 0.3) is 0 Å². The highest BCUT2D eigenvalue weighted by molar-refractivity contribution is 9.10. The molecule has 1 heterocycles. The van der Waals surface area contributed by atoms with Crippen molar-refractivity contribution in [1.29, 1.82) is 0 Å². The van der Waals surface area contributed by atoms with Gasteiger partial charge in [0.05, 0.1) is 12.6 Å². The average Bonchev–Trinajstić information content (AvgIpc) is 2.35. The van der Waals surface area contributed by atoms with E-state index < -0.39 is 0 Å². The highest BCUT2D eigenvalue weighted by Gasteiger charge is 2.06. The van der Waals surface area contributed by atoms with Gasteiger partial charge in [-0.2, -0.15) is 0 Å². The molecule has 0 atom stereocenters. The Morgan fingerprint density at radius 3 is 2.82 bits per heavy atom. The first-order valence-electron chi connectivity index (χ1n) is 5.87. The van der Waals surface area contributed by atoms with Gasteiger partial charge in [0.2, 0.25) is 0 Å². The lowest BCUT2D eigenvalue weighted by molar-refractivity contribution is 0.418. The molecule has 2 nitrogen and oxygen atoms in total. The minimum absolute atomic E-state index is 0.905. The molecular formula is C14H16BrNO. The zero-order valence-corrected chi connectivity index (χ0v) is 11.8. The highest BCUT2D eigenvalue weighted by Crippen LogP contribution is 2.28. The lowest BCUT2D eigenvalue weighted by atomic mass is 10.1. The molecule has 0 aliphatic carbocycles. The fourth-order valence-corrected chi connectivity index (χ4v) is 2.24. The van der Waals surface area contributed by atoms with E-state index in [9.17, 15) is 0 Å². The van der Waals surface area contributed by atoms with Gasteiger partial charge < -0.3 is 4.74 Å². The summed E-state index contributed by atoms with van der Waals surface area (Å²) < 4.78 is 6.49. The Balaban J connectivity index is 2.50. The summed E-state index contributed by atoms with van der Waals surface area (Å²) >= 11 is 3.47. The van der Waals surface area contributed by atoms with Crippen molar-refractivity contribution in [3.8, 4) is 5.75 Å². The number of benzene rings is 1. The topological polar surface area (TPSA) is 22.1 Å². The minimum atomic E-state index is 0.905. The molecule has 1 aromatic carbocycles. The Hall–Kier alpha value is -1.09. The van der Waals surface area contributed by atoms with E-state index in [-0.39, 0.29) is 0 Å². The third kappa shape index (κ3) is 2.78. The normalized spacial score (nSPS) is 10.8. The maximum atomic E-state index is 5.44. The number of aryl methyl sites for hydroxylation is 1. The second-order valence-electron chi connectivity index (χ2n) is 4.08. The third-order valence-electron chi connectivity index (χ3n) is 2.79. The van der Waals surface area contributed by atoms with E-state index in [4.69, 9.17) is 4.74 Å². The molecule has 0 spiro atoms. The number of nitrogens with zero attached hydrogens (tertiary/aromatic N) is 1. The van der Waals surface area contributed by atoms with Crippen LogP contribution >= 0.6 is 15.9 Å². The van der Waals surface area contributed by atoms with Crippen LogP contribution < -0.4 is 4.74 Å².